The Kier molecular flexibility index (Phi) is 64.6. The number of methoxy groups -OCH3 is 2. The van der Waals surface area contributed by atoms with Gasteiger partial charge in [-0.15, -0.1) is 13.2 Å². The lowest BCUT2D eigenvalue weighted by Gasteiger charge is -2.47. The van der Waals surface area contributed by atoms with Crippen molar-refractivity contribution in [3.63, 3.8) is 0 Å². The Balaban J connectivity index is 2.77. The molecule has 618 valence electrons. The lowest BCUT2D eigenvalue weighted by atomic mass is 9.97. The number of allylic oxidation sites excluding steroid dienone is 3. The average Bonchev–Trinajstić information content (AvgIpc) is 0.782. The molecule has 0 radical (unpaired) electrons. The van der Waals surface area contributed by atoms with Gasteiger partial charge in [0, 0.05) is 40.5 Å². The van der Waals surface area contributed by atoms with E-state index in [9.17, 15) is 14.2 Å². The third-order valence-corrected chi connectivity index (χ3v) is 20.7. The monoisotopic (exact) mass is 1530 g/mol. The maximum absolute atomic E-state index is 14.8. The molecule has 12 atom stereocenters. The second-order valence-corrected chi connectivity index (χ2v) is 30.0. The van der Waals surface area contributed by atoms with Crippen molar-refractivity contribution in [2.24, 2.45) is 0 Å². The van der Waals surface area contributed by atoms with E-state index in [0.29, 0.717) is 32.1 Å². The Hall–Kier alpha value is -3.47. The number of carbonyl (C=O) groups excluding carboxylic acids is 2. The molecule has 0 spiro atoms. The highest BCUT2D eigenvalue weighted by atomic mass is 31.2. The summed E-state index contributed by atoms with van der Waals surface area (Å²) in [6, 6.07) is 0. The fourth-order valence-electron chi connectivity index (χ4n) is 13.2. The van der Waals surface area contributed by atoms with E-state index in [-0.39, 0.29) is 72.2 Å². The molecule has 0 bridgehead atoms. The van der Waals surface area contributed by atoms with Crippen molar-refractivity contribution in [2.75, 3.05) is 80.3 Å². The minimum absolute atomic E-state index is 0.00839. The van der Waals surface area contributed by atoms with Crippen LogP contribution in [0.5, 0.6) is 0 Å². The SMILES string of the molecule is C=CCOC(=O)O[C@H](CCCCCCCCCCC)CCO[C@H]1[C@@H](O/C=C/C)O[C@H](CO[C@H]2O[C@H](COC)[C@@H](OP(=O)(OCC=C)OCC=C)[C@H](OCC[C@@H](CCCCCCC)OC)[C@H]2OCCCCCCCCCC/C=C\CCCCCC)[C@@H](OC(=O)OCC=C)[C@@H]1OCCCCCCCCCCCC. The van der Waals surface area contributed by atoms with Crippen molar-refractivity contribution in [1.82, 2.24) is 0 Å². The zero-order valence-corrected chi connectivity index (χ0v) is 68.7. The molecule has 21 heteroatoms. The second-order valence-electron chi connectivity index (χ2n) is 28.4. The number of hydrogen-bond acceptors (Lipinski definition) is 20. The van der Waals surface area contributed by atoms with Crippen LogP contribution in [0.15, 0.2) is 75.1 Å². The molecule has 0 unspecified atom stereocenters. The Bertz CT molecular complexity index is 2190. The first kappa shape index (κ1) is 98.6. The van der Waals surface area contributed by atoms with Crippen LogP contribution in [0.3, 0.4) is 0 Å². The summed E-state index contributed by atoms with van der Waals surface area (Å²) in [6.07, 6.45) is 45.5. The summed E-state index contributed by atoms with van der Waals surface area (Å²) in [5, 5.41) is 0. The molecule has 20 nitrogen and oxygen atoms in total. The normalized spacial score (nSPS) is 21.1. The highest BCUT2D eigenvalue weighted by Gasteiger charge is 2.55. The summed E-state index contributed by atoms with van der Waals surface area (Å²) in [7, 11) is -1.17. The molecular weight excluding hydrogens is 1370 g/mol. The van der Waals surface area contributed by atoms with Crippen LogP contribution >= 0.6 is 7.82 Å². The quantitative estimate of drug-likeness (QED) is 0.0182. The molecule has 0 amide bonds. The van der Waals surface area contributed by atoms with E-state index in [1.54, 1.807) is 13.2 Å². The van der Waals surface area contributed by atoms with E-state index in [0.717, 1.165) is 109 Å². The first-order valence-corrected chi connectivity index (χ1v) is 43.4. The van der Waals surface area contributed by atoms with Gasteiger partial charge >= 0.3 is 20.1 Å². The van der Waals surface area contributed by atoms with Crippen LogP contribution in [0, 0.1) is 0 Å². The number of carbonyl (C=O) groups is 2. The van der Waals surface area contributed by atoms with Crippen molar-refractivity contribution >= 4 is 20.1 Å². The van der Waals surface area contributed by atoms with Crippen LogP contribution < -0.4 is 0 Å². The Labute approximate surface area is 644 Å². The van der Waals surface area contributed by atoms with Crippen molar-refractivity contribution in [3.8, 4) is 0 Å². The minimum atomic E-state index is -4.42. The minimum Gasteiger partial charge on any atom is -0.470 e. The van der Waals surface area contributed by atoms with E-state index in [1.165, 1.54) is 166 Å². The summed E-state index contributed by atoms with van der Waals surface area (Å²) >= 11 is 0. The van der Waals surface area contributed by atoms with E-state index in [1.807, 2.05) is 6.92 Å². The van der Waals surface area contributed by atoms with Gasteiger partial charge in [0.1, 0.15) is 62.0 Å². The van der Waals surface area contributed by atoms with Crippen molar-refractivity contribution in [2.45, 2.75) is 378 Å². The third kappa shape index (κ3) is 48.3. The maximum atomic E-state index is 14.8. The summed E-state index contributed by atoms with van der Waals surface area (Å²) in [5.41, 5.74) is 0. The summed E-state index contributed by atoms with van der Waals surface area (Å²) in [6.45, 7) is 25.8. The number of ether oxygens (including phenoxy) is 14. The molecule has 0 aliphatic carbocycles. The smallest absolute Gasteiger partial charge is 0.470 e. The van der Waals surface area contributed by atoms with Gasteiger partial charge in [0.05, 0.1) is 45.4 Å². The largest absolute Gasteiger partial charge is 0.509 e. The molecule has 0 N–H and O–H groups in total. The topological polar surface area (TPSA) is 208 Å². The Morgan fingerprint density at radius 1 is 0.415 bits per heavy atom. The second kappa shape index (κ2) is 69.5. The number of phosphoric ester groups is 1. The van der Waals surface area contributed by atoms with Crippen LogP contribution in [0.2, 0.25) is 0 Å². The van der Waals surface area contributed by atoms with Gasteiger partial charge in [-0.05, 0) is 71.1 Å². The van der Waals surface area contributed by atoms with Gasteiger partial charge in [0.25, 0.3) is 0 Å². The molecule has 2 saturated heterocycles. The fraction of sp³-hybridized carbons (Fsp3) is 0.835. The number of rotatable bonds is 75. The first-order valence-electron chi connectivity index (χ1n) is 42.0. The van der Waals surface area contributed by atoms with Crippen LogP contribution in [0.25, 0.3) is 0 Å². The van der Waals surface area contributed by atoms with Crippen LogP contribution in [-0.2, 0) is 84.5 Å². The molecule has 0 saturated carbocycles. The lowest BCUT2D eigenvalue weighted by molar-refractivity contribution is -0.338. The Morgan fingerprint density at radius 3 is 1.30 bits per heavy atom. The van der Waals surface area contributed by atoms with Gasteiger partial charge < -0.3 is 66.3 Å². The molecule has 106 heavy (non-hydrogen) atoms. The molecular formula is C85H153O20P. The van der Waals surface area contributed by atoms with Gasteiger partial charge in [-0.2, -0.15) is 0 Å². The molecule has 2 heterocycles. The zero-order valence-electron chi connectivity index (χ0n) is 67.8. The summed E-state index contributed by atoms with van der Waals surface area (Å²) in [5.74, 6) is 0. The molecule has 2 fully saturated rings. The van der Waals surface area contributed by atoms with Gasteiger partial charge in [0.2, 0.25) is 6.29 Å². The van der Waals surface area contributed by atoms with Crippen molar-refractivity contribution in [3.05, 3.63) is 75.1 Å². The predicted molar refractivity (Wildman–Crippen MR) is 424 cm³/mol. The molecule has 0 aromatic rings. The van der Waals surface area contributed by atoms with Crippen LogP contribution in [0.4, 0.5) is 9.59 Å². The van der Waals surface area contributed by atoms with Gasteiger partial charge in [-0.3, -0.25) is 13.6 Å². The standard InChI is InChI=1S/C85H153O20P/c1-12-21-25-29-32-35-37-38-39-40-41-42-45-48-52-56-67-92-81-79(93-68-59-72(90-11)57-53-49-28-24-15-4)77(105-106(88,99-64-19-8)100-65-20-9)74(70-89-10)102-83(81)98-71-75-76(104-85(87)97-63-18-7)78(91-66-55-51-47-44-36-33-30-26-22-13-2)80(82(103-75)95-61-16-5)94-69-60-73(101-84(86)96-62-17-6)58-54-50-46-43-34-31-27-23-14-3/h16-20,35,37,61,72-83H,6-9,12-15,21-34,36,38-60,62-71H2,1-5,10-11H3/b37-35-,61-16+/t72-,73-,74-,75-,76-,77-,78+,79+,80-,81-,82+,83+/m1/s1. The van der Waals surface area contributed by atoms with Crippen LogP contribution in [0.1, 0.15) is 304 Å². The van der Waals surface area contributed by atoms with E-state index in [4.69, 9.17) is 79.9 Å². The Morgan fingerprint density at radius 2 is 0.811 bits per heavy atom. The summed E-state index contributed by atoms with van der Waals surface area (Å²) < 4.78 is 123. The zero-order chi connectivity index (χ0) is 77.0. The van der Waals surface area contributed by atoms with Gasteiger partial charge in [0.15, 0.2) is 12.4 Å². The average molecular weight is 1530 g/mol. The number of unbranched alkanes of at least 4 members (excludes halogenated alkanes) is 33. The highest BCUT2D eigenvalue weighted by Crippen LogP contribution is 2.53. The molecule has 2 rings (SSSR count). The highest BCUT2D eigenvalue weighted by molar-refractivity contribution is 7.48. The molecule has 0 aromatic heterocycles. The van der Waals surface area contributed by atoms with E-state index in [2.05, 4.69) is 66.2 Å². The van der Waals surface area contributed by atoms with Crippen LogP contribution in [-0.4, -0.2) is 166 Å². The predicted octanol–water partition coefficient (Wildman–Crippen LogP) is 22.5. The van der Waals surface area contributed by atoms with Gasteiger partial charge in [-0.25, -0.2) is 14.2 Å². The van der Waals surface area contributed by atoms with Crippen molar-refractivity contribution in [1.29, 1.82) is 0 Å². The molecule has 2 aliphatic heterocycles. The third-order valence-electron chi connectivity index (χ3n) is 19.2. The molecule has 2 aliphatic rings. The lowest BCUT2D eigenvalue weighted by Crippen LogP contribution is -2.64. The number of hydrogen-bond donors (Lipinski definition) is 0. The maximum Gasteiger partial charge on any atom is 0.509 e. The molecule has 0 aromatic carbocycles. The van der Waals surface area contributed by atoms with Gasteiger partial charge in [-0.1, -0.05) is 282 Å². The summed E-state index contributed by atoms with van der Waals surface area (Å²) in [4.78, 5) is 27.1. The fourth-order valence-corrected chi connectivity index (χ4v) is 14.6. The number of phosphoric acid groups is 1. The van der Waals surface area contributed by atoms with E-state index < -0.39 is 87.6 Å². The van der Waals surface area contributed by atoms with Crippen molar-refractivity contribution < 1.29 is 94.0 Å². The van der Waals surface area contributed by atoms with E-state index >= 15 is 0 Å². The first-order chi connectivity index (χ1) is 52.0.